The summed E-state index contributed by atoms with van der Waals surface area (Å²) in [7, 11) is 1.79. The third-order valence-electron chi connectivity index (χ3n) is 3.19. The van der Waals surface area contributed by atoms with Gasteiger partial charge in [0.1, 0.15) is 5.69 Å². The van der Waals surface area contributed by atoms with Gasteiger partial charge in [0.05, 0.1) is 20.6 Å². The SMILES string of the molecule is Cn1nc(C(=O)CC(=O)c2ccc(Br)s2)c2ccccc21. The highest BCUT2D eigenvalue weighted by Gasteiger charge is 2.20. The molecule has 2 heterocycles. The van der Waals surface area contributed by atoms with E-state index in [1.54, 1.807) is 23.9 Å². The van der Waals surface area contributed by atoms with Crippen molar-refractivity contribution in [2.45, 2.75) is 6.42 Å². The Morgan fingerprint density at radius 1 is 1.19 bits per heavy atom. The summed E-state index contributed by atoms with van der Waals surface area (Å²) < 4.78 is 2.54. The molecule has 0 unspecified atom stereocenters. The minimum atomic E-state index is -0.249. The number of hydrogen-bond donors (Lipinski definition) is 0. The highest BCUT2D eigenvalue weighted by atomic mass is 79.9. The van der Waals surface area contributed by atoms with Crippen LogP contribution in [0.3, 0.4) is 0 Å². The monoisotopic (exact) mass is 362 g/mol. The van der Waals surface area contributed by atoms with Gasteiger partial charge in [0.25, 0.3) is 0 Å². The Balaban J connectivity index is 1.89. The van der Waals surface area contributed by atoms with Crippen LogP contribution in [0.5, 0.6) is 0 Å². The van der Waals surface area contributed by atoms with E-state index >= 15 is 0 Å². The van der Waals surface area contributed by atoms with E-state index in [9.17, 15) is 9.59 Å². The lowest BCUT2D eigenvalue weighted by atomic mass is 10.1. The molecule has 0 fully saturated rings. The Hall–Kier alpha value is -1.79. The molecule has 106 valence electrons. The summed E-state index contributed by atoms with van der Waals surface area (Å²) in [5.41, 5.74) is 1.24. The molecule has 0 atom stereocenters. The molecule has 0 spiro atoms. The van der Waals surface area contributed by atoms with Crippen molar-refractivity contribution < 1.29 is 9.59 Å². The third kappa shape index (κ3) is 2.69. The number of carbonyl (C=O) groups is 2. The number of rotatable bonds is 4. The van der Waals surface area contributed by atoms with E-state index in [0.29, 0.717) is 10.6 Å². The highest BCUT2D eigenvalue weighted by Crippen LogP contribution is 2.24. The molecule has 21 heavy (non-hydrogen) atoms. The largest absolute Gasteiger partial charge is 0.293 e. The van der Waals surface area contributed by atoms with Crippen molar-refractivity contribution in [3.05, 3.63) is 50.8 Å². The fraction of sp³-hybridized carbons (Fsp3) is 0.133. The van der Waals surface area contributed by atoms with Crippen LogP contribution in [0.4, 0.5) is 0 Å². The van der Waals surface area contributed by atoms with E-state index in [1.807, 2.05) is 24.3 Å². The first-order valence-corrected chi connectivity index (χ1v) is 7.90. The van der Waals surface area contributed by atoms with Crippen molar-refractivity contribution in [3.63, 3.8) is 0 Å². The second kappa shape index (κ2) is 5.54. The Bertz CT molecular complexity index is 850. The lowest BCUT2D eigenvalue weighted by Crippen LogP contribution is -2.08. The van der Waals surface area contributed by atoms with Gasteiger partial charge in [-0.05, 0) is 34.1 Å². The van der Waals surface area contributed by atoms with Crippen LogP contribution >= 0.6 is 27.3 Å². The van der Waals surface area contributed by atoms with Crippen molar-refractivity contribution in [2.75, 3.05) is 0 Å². The van der Waals surface area contributed by atoms with Gasteiger partial charge in [-0.25, -0.2) is 0 Å². The van der Waals surface area contributed by atoms with Crippen LogP contribution in [0.2, 0.25) is 0 Å². The van der Waals surface area contributed by atoms with Crippen molar-refractivity contribution in [1.82, 2.24) is 9.78 Å². The number of nitrogens with zero attached hydrogens (tertiary/aromatic N) is 2. The van der Waals surface area contributed by atoms with Crippen LogP contribution < -0.4 is 0 Å². The van der Waals surface area contributed by atoms with E-state index in [2.05, 4.69) is 21.0 Å². The second-order valence-electron chi connectivity index (χ2n) is 4.62. The number of carbonyl (C=O) groups excluding carboxylic acids is 2. The number of para-hydroxylation sites is 1. The fourth-order valence-corrected chi connectivity index (χ4v) is 3.52. The molecule has 0 aliphatic rings. The molecule has 4 nitrogen and oxygen atoms in total. The lowest BCUT2D eigenvalue weighted by molar-refractivity contribution is 0.0894. The molecule has 3 aromatic rings. The number of ketones is 2. The van der Waals surface area contributed by atoms with Gasteiger partial charge in [0.2, 0.25) is 0 Å². The molecule has 1 aromatic carbocycles. The van der Waals surface area contributed by atoms with Crippen molar-refractivity contribution in [3.8, 4) is 0 Å². The number of hydrogen-bond acceptors (Lipinski definition) is 4. The Labute approximate surface area is 133 Å². The van der Waals surface area contributed by atoms with Gasteiger partial charge >= 0.3 is 0 Å². The van der Waals surface area contributed by atoms with Crippen molar-refractivity contribution in [2.24, 2.45) is 7.05 Å². The van der Waals surface area contributed by atoms with Crippen molar-refractivity contribution in [1.29, 1.82) is 0 Å². The van der Waals surface area contributed by atoms with E-state index < -0.39 is 0 Å². The van der Waals surface area contributed by atoms with Gasteiger partial charge in [-0.3, -0.25) is 14.3 Å². The quantitative estimate of drug-likeness (QED) is 0.523. The van der Waals surface area contributed by atoms with Gasteiger partial charge in [0, 0.05) is 12.4 Å². The molecule has 0 aliphatic carbocycles. The highest BCUT2D eigenvalue weighted by molar-refractivity contribution is 9.11. The summed E-state index contributed by atoms with van der Waals surface area (Å²) in [6, 6.07) is 11.0. The smallest absolute Gasteiger partial charge is 0.191 e. The predicted octanol–water partition coefficient (Wildman–Crippen LogP) is 3.85. The maximum absolute atomic E-state index is 12.4. The molecular formula is C15H11BrN2O2S. The standard InChI is InChI=1S/C15H11BrN2O2S/c1-18-10-5-3-2-4-9(10)15(17-18)12(20)8-11(19)13-6-7-14(16)21-13/h2-7H,8H2,1H3. The zero-order valence-electron chi connectivity index (χ0n) is 11.2. The van der Waals surface area contributed by atoms with E-state index in [-0.39, 0.29) is 18.0 Å². The summed E-state index contributed by atoms with van der Waals surface area (Å²) in [6.45, 7) is 0. The summed E-state index contributed by atoms with van der Waals surface area (Å²) in [5, 5.41) is 5.03. The second-order valence-corrected chi connectivity index (χ2v) is 7.08. The van der Waals surface area contributed by atoms with Crippen LogP contribution in [0, 0.1) is 0 Å². The van der Waals surface area contributed by atoms with E-state index in [4.69, 9.17) is 0 Å². The van der Waals surface area contributed by atoms with Crippen LogP contribution in [-0.2, 0) is 7.05 Å². The summed E-state index contributed by atoms with van der Waals surface area (Å²) in [4.78, 5) is 25.1. The average molecular weight is 363 g/mol. The minimum absolute atomic E-state index is 0.159. The van der Waals surface area contributed by atoms with Gasteiger partial charge in [-0.15, -0.1) is 11.3 Å². The topological polar surface area (TPSA) is 52.0 Å². The van der Waals surface area contributed by atoms with Gasteiger partial charge in [0.15, 0.2) is 11.6 Å². The number of halogens is 1. The van der Waals surface area contributed by atoms with Gasteiger partial charge in [-0.2, -0.15) is 5.10 Å². The average Bonchev–Trinajstić information content (AvgIpc) is 3.04. The Morgan fingerprint density at radius 2 is 1.95 bits per heavy atom. The number of aromatic nitrogens is 2. The van der Waals surface area contributed by atoms with Gasteiger partial charge < -0.3 is 0 Å². The third-order valence-corrected chi connectivity index (χ3v) is 4.86. The van der Waals surface area contributed by atoms with E-state index in [1.165, 1.54) is 11.3 Å². The van der Waals surface area contributed by atoms with Crippen molar-refractivity contribution >= 4 is 49.7 Å². The first-order valence-electron chi connectivity index (χ1n) is 6.30. The summed E-state index contributed by atoms with van der Waals surface area (Å²) in [5.74, 6) is -0.424. The van der Waals surface area contributed by atoms with E-state index in [0.717, 1.165) is 14.7 Å². The molecule has 0 aliphatic heterocycles. The number of fused-ring (bicyclic) bond motifs is 1. The molecule has 0 bridgehead atoms. The minimum Gasteiger partial charge on any atom is -0.293 e. The molecule has 0 amide bonds. The first-order chi connectivity index (χ1) is 10.1. The number of aryl methyl sites for hydroxylation is 1. The zero-order chi connectivity index (χ0) is 15.0. The first kappa shape index (κ1) is 14.2. The normalized spacial score (nSPS) is 11.0. The molecule has 0 N–H and O–H groups in total. The molecular weight excluding hydrogens is 352 g/mol. The predicted molar refractivity (Wildman–Crippen MR) is 86.0 cm³/mol. The number of thiophene rings is 1. The van der Waals surface area contributed by atoms with Crippen LogP contribution in [0.1, 0.15) is 26.6 Å². The maximum atomic E-state index is 12.4. The molecule has 0 saturated carbocycles. The molecule has 0 radical (unpaired) electrons. The zero-order valence-corrected chi connectivity index (χ0v) is 13.6. The summed E-state index contributed by atoms with van der Waals surface area (Å²) >= 11 is 4.64. The Kier molecular flexibility index (Phi) is 3.73. The molecule has 0 saturated heterocycles. The molecule has 3 rings (SSSR count). The summed E-state index contributed by atoms with van der Waals surface area (Å²) in [6.07, 6.45) is -0.159. The fourth-order valence-electron chi connectivity index (χ4n) is 2.20. The number of Topliss-reactive ketones (excluding diaryl/α,β-unsaturated/α-hetero) is 2. The Morgan fingerprint density at radius 3 is 2.67 bits per heavy atom. The molecule has 2 aromatic heterocycles. The maximum Gasteiger partial charge on any atom is 0.191 e. The number of benzene rings is 1. The van der Waals surface area contributed by atoms with Gasteiger partial charge in [-0.1, -0.05) is 18.2 Å². The van der Waals surface area contributed by atoms with Crippen LogP contribution in [-0.4, -0.2) is 21.3 Å². The lowest BCUT2D eigenvalue weighted by Gasteiger charge is -1.96. The van der Waals surface area contributed by atoms with Crippen LogP contribution in [0.15, 0.2) is 40.2 Å². The van der Waals surface area contributed by atoms with Crippen LogP contribution in [0.25, 0.3) is 10.9 Å². The molecule has 6 heteroatoms.